The first kappa shape index (κ1) is 12.4. The van der Waals surface area contributed by atoms with Gasteiger partial charge in [-0.25, -0.2) is 4.98 Å². The van der Waals surface area contributed by atoms with Gasteiger partial charge in [0.05, 0.1) is 13.2 Å². The summed E-state index contributed by atoms with van der Waals surface area (Å²) in [4.78, 5) is 4.33. The van der Waals surface area contributed by atoms with Crippen LogP contribution in [-0.4, -0.2) is 16.7 Å². The summed E-state index contributed by atoms with van der Waals surface area (Å²) in [5.74, 6) is 1.34. The highest BCUT2D eigenvalue weighted by molar-refractivity contribution is 5.23. The Hall–Kier alpha value is -1.09. The Morgan fingerprint density at radius 1 is 1.29 bits per heavy atom. The molecule has 1 aromatic rings. The number of aryl methyl sites for hydroxylation is 1. The fourth-order valence-corrected chi connectivity index (χ4v) is 2.43. The van der Waals surface area contributed by atoms with Gasteiger partial charge >= 0.3 is 0 Å². The van der Waals surface area contributed by atoms with Crippen molar-refractivity contribution in [1.29, 1.82) is 0 Å². The Kier molecular flexibility index (Phi) is 4.37. The third kappa shape index (κ3) is 3.70. The molecule has 1 saturated carbocycles. The van der Waals surface area contributed by atoms with Gasteiger partial charge in [-0.15, -0.1) is 0 Å². The number of rotatable bonds is 4. The summed E-state index contributed by atoms with van der Waals surface area (Å²) in [7, 11) is 0. The smallest absolute Gasteiger partial charge is 0.213 e. The number of aromatic nitrogens is 1. The van der Waals surface area contributed by atoms with Crippen LogP contribution in [-0.2, 0) is 6.61 Å². The Morgan fingerprint density at radius 2 is 2.06 bits per heavy atom. The first-order valence-corrected chi connectivity index (χ1v) is 6.49. The maximum Gasteiger partial charge on any atom is 0.213 e. The maximum atomic E-state index is 9.12. The molecule has 1 aliphatic rings. The van der Waals surface area contributed by atoms with Crippen LogP contribution in [0.2, 0.25) is 0 Å². The molecule has 17 heavy (non-hydrogen) atoms. The number of hydrogen-bond donors (Lipinski definition) is 1. The molecular weight excluding hydrogens is 214 g/mol. The normalized spacial score (nSPS) is 17.1. The molecule has 1 heterocycles. The molecule has 0 unspecified atom stereocenters. The molecule has 0 atom stereocenters. The SMILES string of the molecule is Cc1cc(CO)cc(OCC2CCCCC2)n1. The molecule has 0 aromatic carbocycles. The van der Waals surface area contributed by atoms with Gasteiger partial charge in [-0.3, -0.25) is 0 Å². The molecule has 1 aliphatic carbocycles. The van der Waals surface area contributed by atoms with Gasteiger partial charge in [-0.2, -0.15) is 0 Å². The van der Waals surface area contributed by atoms with E-state index in [9.17, 15) is 0 Å². The third-order valence-electron chi connectivity index (χ3n) is 3.36. The van der Waals surface area contributed by atoms with Crippen LogP contribution in [0.5, 0.6) is 5.88 Å². The molecule has 0 amide bonds. The van der Waals surface area contributed by atoms with Crippen molar-refractivity contribution in [3.8, 4) is 5.88 Å². The predicted molar refractivity (Wildman–Crippen MR) is 67.0 cm³/mol. The van der Waals surface area contributed by atoms with Crippen LogP contribution in [0.1, 0.15) is 43.4 Å². The summed E-state index contributed by atoms with van der Waals surface area (Å²) in [5, 5.41) is 9.12. The molecule has 1 aromatic heterocycles. The zero-order valence-electron chi connectivity index (χ0n) is 10.5. The van der Waals surface area contributed by atoms with Gasteiger partial charge in [0.25, 0.3) is 0 Å². The van der Waals surface area contributed by atoms with E-state index in [0.29, 0.717) is 11.8 Å². The summed E-state index contributed by atoms with van der Waals surface area (Å²) in [6.07, 6.45) is 6.58. The molecule has 0 radical (unpaired) electrons. The standard InChI is InChI=1S/C14H21NO2/c1-11-7-13(9-16)8-14(15-11)17-10-12-5-3-2-4-6-12/h7-8,12,16H,2-6,9-10H2,1H3. The van der Waals surface area contributed by atoms with E-state index in [1.807, 2.05) is 19.1 Å². The fraction of sp³-hybridized carbons (Fsp3) is 0.643. The van der Waals surface area contributed by atoms with Crippen LogP contribution >= 0.6 is 0 Å². The van der Waals surface area contributed by atoms with E-state index in [1.54, 1.807) is 0 Å². The van der Waals surface area contributed by atoms with Gasteiger partial charge in [-0.05, 0) is 37.3 Å². The Balaban J connectivity index is 1.91. The van der Waals surface area contributed by atoms with Crippen molar-refractivity contribution >= 4 is 0 Å². The molecule has 1 fully saturated rings. The first-order chi connectivity index (χ1) is 8.28. The monoisotopic (exact) mass is 235 g/mol. The largest absolute Gasteiger partial charge is 0.477 e. The highest BCUT2D eigenvalue weighted by Crippen LogP contribution is 2.24. The van der Waals surface area contributed by atoms with E-state index in [-0.39, 0.29) is 6.61 Å². The zero-order chi connectivity index (χ0) is 12.1. The van der Waals surface area contributed by atoms with E-state index in [2.05, 4.69) is 4.98 Å². The molecule has 3 heteroatoms. The first-order valence-electron chi connectivity index (χ1n) is 6.49. The quantitative estimate of drug-likeness (QED) is 0.872. The highest BCUT2D eigenvalue weighted by Gasteiger charge is 2.14. The number of aliphatic hydroxyl groups is 1. The number of aliphatic hydroxyl groups excluding tert-OH is 1. The Morgan fingerprint density at radius 3 is 2.76 bits per heavy atom. The van der Waals surface area contributed by atoms with Gasteiger partial charge in [0.15, 0.2) is 0 Å². The average Bonchev–Trinajstić information content (AvgIpc) is 2.37. The van der Waals surface area contributed by atoms with Crippen LogP contribution in [0.15, 0.2) is 12.1 Å². The van der Waals surface area contributed by atoms with Crippen LogP contribution in [0.25, 0.3) is 0 Å². The van der Waals surface area contributed by atoms with Crippen LogP contribution < -0.4 is 4.74 Å². The second-order valence-electron chi connectivity index (χ2n) is 4.93. The second kappa shape index (κ2) is 6.01. The lowest BCUT2D eigenvalue weighted by atomic mass is 9.90. The number of hydrogen-bond acceptors (Lipinski definition) is 3. The summed E-state index contributed by atoms with van der Waals surface area (Å²) in [6.45, 7) is 2.73. The van der Waals surface area contributed by atoms with E-state index in [1.165, 1.54) is 32.1 Å². The molecule has 0 bridgehead atoms. The summed E-state index contributed by atoms with van der Waals surface area (Å²) in [6, 6.07) is 3.71. The molecule has 1 N–H and O–H groups in total. The van der Waals surface area contributed by atoms with Crippen LogP contribution in [0.4, 0.5) is 0 Å². The lowest BCUT2D eigenvalue weighted by Crippen LogP contribution is -2.15. The van der Waals surface area contributed by atoms with Crippen LogP contribution in [0, 0.1) is 12.8 Å². The Bertz CT molecular complexity index is 359. The van der Waals surface area contributed by atoms with Crippen molar-refractivity contribution in [2.75, 3.05) is 6.61 Å². The lowest BCUT2D eigenvalue weighted by molar-refractivity contribution is 0.202. The van der Waals surface area contributed by atoms with Crippen LogP contribution in [0.3, 0.4) is 0 Å². The Labute approximate surface area is 103 Å². The highest BCUT2D eigenvalue weighted by atomic mass is 16.5. The van der Waals surface area contributed by atoms with Crippen molar-refractivity contribution in [3.05, 3.63) is 23.4 Å². The zero-order valence-corrected chi connectivity index (χ0v) is 10.5. The van der Waals surface area contributed by atoms with E-state index in [0.717, 1.165) is 17.9 Å². The molecule has 94 valence electrons. The maximum absolute atomic E-state index is 9.12. The number of nitrogens with zero attached hydrogens (tertiary/aromatic N) is 1. The van der Waals surface area contributed by atoms with E-state index >= 15 is 0 Å². The summed E-state index contributed by atoms with van der Waals surface area (Å²) < 4.78 is 5.75. The predicted octanol–water partition coefficient (Wildman–Crippen LogP) is 2.84. The summed E-state index contributed by atoms with van der Waals surface area (Å²) >= 11 is 0. The average molecular weight is 235 g/mol. The molecule has 0 saturated heterocycles. The minimum absolute atomic E-state index is 0.0448. The van der Waals surface area contributed by atoms with Crippen molar-refractivity contribution in [1.82, 2.24) is 4.98 Å². The van der Waals surface area contributed by atoms with E-state index in [4.69, 9.17) is 9.84 Å². The molecule has 0 spiro atoms. The number of pyridine rings is 1. The van der Waals surface area contributed by atoms with Crippen molar-refractivity contribution in [2.24, 2.45) is 5.92 Å². The van der Waals surface area contributed by atoms with Crippen molar-refractivity contribution < 1.29 is 9.84 Å². The van der Waals surface area contributed by atoms with Gasteiger partial charge in [-0.1, -0.05) is 19.3 Å². The molecular formula is C14H21NO2. The van der Waals surface area contributed by atoms with Gasteiger partial charge < -0.3 is 9.84 Å². The van der Waals surface area contributed by atoms with Gasteiger partial charge in [0.2, 0.25) is 5.88 Å². The topological polar surface area (TPSA) is 42.4 Å². The summed E-state index contributed by atoms with van der Waals surface area (Å²) in [5.41, 5.74) is 1.77. The van der Waals surface area contributed by atoms with E-state index < -0.39 is 0 Å². The van der Waals surface area contributed by atoms with Gasteiger partial charge in [0, 0.05) is 11.8 Å². The minimum atomic E-state index is 0.0448. The van der Waals surface area contributed by atoms with Crippen molar-refractivity contribution in [3.63, 3.8) is 0 Å². The molecule has 3 nitrogen and oxygen atoms in total. The minimum Gasteiger partial charge on any atom is -0.477 e. The lowest BCUT2D eigenvalue weighted by Gasteiger charge is -2.21. The number of ether oxygens (including phenoxy) is 1. The fourth-order valence-electron chi connectivity index (χ4n) is 2.43. The molecule has 0 aliphatic heterocycles. The molecule has 2 rings (SSSR count). The van der Waals surface area contributed by atoms with Gasteiger partial charge in [0.1, 0.15) is 0 Å². The van der Waals surface area contributed by atoms with Crippen molar-refractivity contribution in [2.45, 2.75) is 45.6 Å². The third-order valence-corrected chi connectivity index (χ3v) is 3.36. The second-order valence-corrected chi connectivity index (χ2v) is 4.93.